The molecule has 0 aliphatic heterocycles. The van der Waals surface area contributed by atoms with E-state index in [9.17, 15) is 24.3 Å². The van der Waals surface area contributed by atoms with Gasteiger partial charge >= 0.3 is 5.97 Å². The van der Waals surface area contributed by atoms with E-state index in [1.54, 1.807) is 72.8 Å². The van der Waals surface area contributed by atoms with Gasteiger partial charge in [0.25, 0.3) is 11.8 Å². The molecule has 0 fully saturated rings. The molecule has 0 atom stereocenters. The quantitative estimate of drug-likeness (QED) is 0.105. The fourth-order valence-electron chi connectivity index (χ4n) is 3.99. The van der Waals surface area contributed by atoms with E-state index in [0.29, 0.717) is 33.2 Å². The van der Waals surface area contributed by atoms with Gasteiger partial charge in [0, 0.05) is 27.8 Å². The number of carbonyl (C=O) groups excluding carboxylic acids is 3. The summed E-state index contributed by atoms with van der Waals surface area (Å²) in [5, 5.41) is 17.5. The minimum atomic E-state index is -1.14. The molecule has 4 aromatic carbocycles. The van der Waals surface area contributed by atoms with E-state index in [0.717, 1.165) is 0 Å². The van der Waals surface area contributed by atoms with Crippen LogP contribution in [0.25, 0.3) is 6.08 Å². The zero-order valence-corrected chi connectivity index (χ0v) is 25.7. The van der Waals surface area contributed by atoms with E-state index in [1.807, 2.05) is 0 Å². The number of thioether (sulfide) groups is 1. The molecule has 0 aliphatic rings. The normalized spacial score (nSPS) is 10.9. The molecule has 3 amide bonds. The smallest absolute Gasteiger partial charge is 0.335 e. The van der Waals surface area contributed by atoms with Crippen LogP contribution >= 0.6 is 23.4 Å². The molecule has 0 aliphatic carbocycles. The molecule has 0 saturated heterocycles. The number of ether oxygens (including phenoxy) is 2. The van der Waals surface area contributed by atoms with Crippen molar-refractivity contribution in [3.63, 3.8) is 0 Å². The lowest BCUT2D eigenvalue weighted by Crippen LogP contribution is -2.30. The van der Waals surface area contributed by atoms with Gasteiger partial charge in [-0.2, -0.15) is 0 Å². The minimum absolute atomic E-state index is 0.00962. The van der Waals surface area contributed by atoms with Crippen molar-refractivity contribution < 1.29 is 33.8 Å². The molecule has 0 spiro atoms. The Morgan fingerprint density at radius 1 is 0.844 bits per heavy atom. The molecule has 230 valence electrons. The lowest BCUT2D eigenvalue weighted by molar-refractivity contribution is -0.114. The van der Waals surface area contributed by atoms with Gasteiger partial charge in [0.05, 0.1) is 36.2 Å². The maximum absolute atomic E-state index is 13.5. The summed E-state index contributed by atoms with van der Waals surface area (Å²) in [6.45, 7) is 0. The highest BCUT2D eigenvalue weighted by atomic mass is 35.5. The van der Waals surface area contributed by atoms with E-state index in [1.165, 1.54) is 50.3 Å². The Labute approximate surface area is 268 Å². The Morgan fingerprint density at radius 2 is 1.62 bits per heavy atom. The third-order valence-electron chi connectivity index (χ3n) is 6.22. The van der Waals surface area contributed by atoms with Crippen LogP contribution in [-0.2, 0) is 9.59 Å². The van der Waals surface area contributed by atoms with Crippen LogP contribution in [0.2, 0.25) is 5.02 Å². The summed E-state index contributed by atoms with van der Waals surface area (Å²) in [6, 6.07) is 24.4. The summed E-state index contributed by atoms with van der Waals surface area (Å²) in [7, 11) is 3.01. The van der Waals surface area contributed by atoms with Crippen LogP contribution in [0.5, 0.6) is 11.5 Å². The third kappa shape index (κ3) is 9.12. The van der Waals surface area contributed by atoms with Crippen LogP contribution in [0.4, 0.5) is 11.4 Å². The molecule has 10 nitrogen and oxygen atoms in total. The lowest BCUT2D eigenvalue weighted by atomic mass is 10.1. The van der Waals surface area contributed by atoms with Gasteiger partial charge < -0.3 is 30.5 Å². The van der Waals surface area contributed by atoms with Crippen LogP contribution < -0.4 is 25.4 Å². The zero-order chi connectivity index (χ0) is 32.3. The predicted molar refractivity (Wildman–Crippen MR) is 174 cm³/mol. The standard InChI is InChI=1S/C33H28ClN3O7S/c1-43-24-13-11-21(29(18-24)44-2)15-28(37-31(39)20-7-4-3-5-8-20)32(40)35-23-9-6-10-25(17-23)45-19-30(38)36-27-16-22(33(41)42)12-14-26(27)34/h3-18H,19H2,1-2H3,(H,35,40)(H,36,38)(H,37,39)(H,41,42)/b28-15+. The van der Waals surface area contributed by atoms with Crippen LogP contribution in [0, 0.1) is 0 Å². The number of halogens is 1. The number of methoxy groups -OCH3 is 2. The molecule has 4 rings (SSSR count). The number of carbonyl (C=O) groups is 4. The van der Waals surface area contributed by atoms with Gasteiger partial charge in [-0.3, -0.25) is 14.4 Å². The SMILES string of the molecule is COc1ccc(/C=C(/NC(=O)c2ccccc2)C(=O)Nc2cccc(SCC(=O)Nc3cc(C(=O)O)ccc3Cl)c2)c(OC)c1. The first kappa shape index (κ1) is 32.6. The van der Waals surface area contributed by atoms with Gasteiger partial charge in [0.1, 0.15) is 17.2 Å². The van der Waals surface area contributed by atoms with Crippen molar-refractivity contribution >= 4 is 64.5 Å². The second kappa shape index (κ2) is 15.5. The fourth-order valence-corrected chi connectivity index (χ4v) is 4.91. The van der Waals surface area contributed by atoms with E-state index in [-0.39, 0.29) is 27.7 Å². The number of benzene rings is 4. The molecular weight excluding hydrogens is 618 g/mol. The number of hydrogen-bond acceptors (Lipinski definition) is 7. The summed E-state index contributed by atoms with van der Waals surface area (Å²) >= 11 is 7.30. The molecule has 45 heavy (non-hydrogen) atoms. The number of nitrogens with one attached hydrogen (secondary N) is 3. The van der Waals surface area contributed by atoms with Crippen LogP contribution in [-0.4, -0.2) is 48.8 Å². The lowest BCUT2D eigenvalue weighted by Gasteiger charge is -2.13. The molecule has 0 radical (unpaired) electrons. The van der Waals surface area contributed by atoms with Gasteiger partial charge in [-0.1, -0.05) is 35.9 Å². The number of carboxylic acids is 1. The maximum atomic E-state index is 13.5. The van der Waals surface area contributed by atoms with Crippen molar-refractivity contribution in [1.82, 2.24) is 5.32 Å². The largest absolute Gasteiger partial charge is 0.497 e. The molecule has 0 saturated carbocycles. The second-order valence-electron chi connectivity index (χ2n) is 9.30. The number of rotatable bonds is 12. The highest BCUT2D eigenvalue weighted by molar-refractivity contribution is 8.00. The van der Waals surface area contributed by atoms with Crippen molar-refractivity contribution in [1.29, 1.82) is 0 Å². The second-order valence-corrected chi connectivity index (χ2v) is 10.8. The summed E-state index contributed by atoms with van der Waals surface area (Å²) in [6.07, 6.45) is 1.50. The van der Waals surface area contributed by atoms with E-state index >= 15 is 0 Å². The molecule has 4 aromatic rings. The summed E-state index contributed by atoms with van der Waals surface area (Å²) < 4.78 is 10.7. The maximum Gasteiger partial charge on any atom is 0.335 e. The number of aromatic carboxylic acids is 1. The van der Waals surface area contributed by atoms with E-state index in [4.69, 9.17) is 21.1 Å². The molecule has 4 N–H and O–H groups in total. The number of amides is 3. The minimum Gasteiger partial charge on any atom is -0.497 e. The highest BCUT2D eigenvalue weighted by Gasteiger charge is 2.17. The number of anilines is 2. The Hall–Kier alpha value is -5.26. The van der Waals surface area contributed by atoms with Gasteiger partial charge in [-0.25, -0.2) is 4.79 Å². The van der Waals surface area contributed by atoms with Crippen molar-refractivity contribution in [2.45, 2.75) is 4.90 Å². The van der Waals surface area contributed by atoms with Gasteiger partial charge in [-0.15, -0.1) is 11.8 Å². The topological polar surface area (TPSA) is 143 Å². The number of hydrogen-bond donors (Lipinski definition) is 4. The Kier molecular flexibility index (Phi) is 11.2. The summed E-state index contributed by atoms with van der Waals surface area (Å²) in [5.74, 6) is -1.64. The van der Waals surface area contributed by atoms with Crippen LogP contribution in [0.15, 0.2) is 102 Å². The molecular formula is C33H28ClN3O7S. The van der Waals surface area contributed by atoms with Crippen molar-refractivity contribution in [3.05, 3.63) is 118 Å². The van der Waals surface area contributed by atoms with Crippen molar-refractivity contribution in [2.24, 2.45) is 0 Å². The zero-order valence-electron chi connectivity index (χ0n) is 24.1. The predicted octanol–water partition coefficient (Wildman–Crippen LogP) is 6.20. The molecule has 0 heterocycles. The van der Waals surface area contributed by atoms with Crippen LogP contribution in [0.3, 0.4) is 0 Å². The fraction of sp³-hybridized carbons (Fsp3) is 0.0909. The first-order valence-corrected chi connectivity index (χ1v) is 14.7. The molecule has 0 unspecified atom stereocenters. The Balaban J connectivity index is 1.50. The average Bonchev–Trinajstić information content (AvgIpc) is 3.05. The van der Waals surface area contributed by atoms with Crippen LogP contribution in [0.1, 0.15) is 26.3 Å². The van der Waals surface area contributed by atoms with Crippen molar-refractivity contribution in [2.75, 3.05) is 30.6 Å². The first-order chi connectivity index (χ1) is 21.7. The average molecular weight is 646 g/mol. The van der Waals surface area contributed by atoms with E-state index < -0.39 is 23.7 Å². The Morgan fingerprint density at radius 3 is 2.33 bits per heavy atom. The third-order valence-corrected chi connectivity index (χ3v) is 7.54. The van der Waals surface area contributed by atoms with Gasteiger partial charge in [-0.05, 0) is 66.7 Å². The summed E-state index contributed by atoms with van der Waals surface area (Å²) in [5.41, 5.74) is 1.46. The van der Waals surface area contributed by atoms with Gasteiger partial charge in [0.2, 0.25) is 5.91 Å². The van der Waals surface area contributed by atoms with Crippen molar-refractivity contribution in [3.8, 4) is 11.5 Å². The first-order valence-electron chi connectivity index (χ1n) is 13.3. The molecule has 0 aromatic heterocycles. The summed E-state index contributed by atoms with van der Waals surface area (Å²) in [4.78, 5) is 51.0. The van der Waals surface area contributed by atoms with Gasteiger partial charge in [0.15, 0.2) is 0 Å². The highest BCUT2D eigenvalue weighted by Crippen LogP contribution is 2.28. The molecule has 12 heteroatoms. The monoisotopic (exact) mass is 645 g/mol. The van der Waals surface area contributed by atoms with E-state index in [2.05, 4.69) is 16.0 Å². The Bertz CT molecular complexity index is 1760. The number of carboxylic acid groups (broad SMARTS) is 1. The molecule has 0 bridgehead atoms.